The van der Waals surface area contributed by atoms with E-state index in [9.17, 15) is 9.36 Å². The molecule has 0 aliphatic rings. The first kappa shape index (κ1) is 16.0. The summed E-state index contributed by atoms with van der Waals surface area (Å²) in [4.78, 5) is 11.8. The second kappa shape index (κ2) is 8.15. The standard InChI is InChI=1S/C12H16O5PS/c1-4-15-19-18(14)17-11-8-6-5-7-10(11)12(13)16-9(2)3/h5-9H,4H2,1-3H3/q+1. The van der Waals surface area contributed by atoms with Crippen LogP contribution in [0.1, 0.15) is 31.1 Å². The smallest absolute Gasteiger partial charge is 0.459 e. The third-order valence-corrected chi connectivity index (χ3v) is 3.57. The average Bonchev–Trinajstić information content (AvgIpc) is 2.36. The Bertz CT molecular complexity index is 450. The van der Waals surface area contributed by atoms with E-state index in [4.69, 9.17) is 13.4 Å². The first-order valence-corrected chi connectivity index (χ1v) is 8.31. The van der Waals surface area contributed by atoms with Crippen LogP contribution in [0.3, 0.4) is 0 Å². The van der Waals surface area contributed by atoms with Gasteiger partial charge in [-0.05, 0) is 37.5 Å². The van der Waals surface area contributed by atoms with E-state index < -0.39 is 13.2 Å². The molecule has 0 aromatic heterocycles. The Balaban J connectivity index is 2.78. The molecule has 0 amide bonds. The van der Waals surface area contributed by atoms with Gasteiger partial charge in [0.15, 0.2) is 0 Å². The molecule has 0 N–H and O–H groups in total. The summed E-state index contributed by atoms with van der Waals surface area (Å²) in [5, 5.41) is 0. The molecule has 0 bridgehead atoms. The fraction of sp³-hybridized carbons (Fsp3) is 0.417. The first-order chi connectivity index (χ1) is 9.04. The molecule has 0 spiro atoms. The topological polar surface area (TPSA) is 61.8 Å². The van der Waals surface area contributed by atoms with E-state index in [0.29, 0.717) is 6.61 Å². The molecule has 1 aromatic rings. The van der Waals surface area contributed by atoms with Crippen LogP contribution in [0.15, 0.2) is 24.3 Å². The van der Waals surface area contributed by atoms with Gasteiger partial charge < -0.3 is 4.74 Å². The summed E-state index contributed by atoms with van der Waals surface area (Å²) in [5.74, 6) is -0.281. The molecule has 1 atom stereocenters. The van der Waals surface area contributed by atoms with Crippen molar-refractivity contribution in [3.05, 3.63) is 29.8 Å². The van der Waals surface area contributed by atoms with E-state index in [0.717, 1.165) is 11.7 Å². The van der Waals surface area contributed by atoms with Gasteiger partial charge in [-0.25, -0.2) is 9.32 Å². The number of benzene rings is 1. The van der Waals surface area contributed by atoms with Crippen LogP contribution >= 0.6 is 18.9 Å². The summed E-state index contributed by atoms with van der Waals surface area (Å²) in [6.45, 7) is 5.72. The van der Waals surface area contributed by atoms with Gasteiger partial charge in [-0.1, -0.05) is 12.1 Å². The van der Waals surface area contributed by atoms with Gasteiger partial charge >= 0.3 is 24.9 Å². The van der Waals surface area contributed by atoms with Gasteiger partial charge in [-0.3, -0.25) is 4.18 Å². The van der Waals surface area contributed by atoms with E-state index >= 15 is 0 Å². The Hall–Kier alpha value is -1.10. The van der Waals surface area contributed by atoms with Crippen molar-refractivity contribution >= 4 is 24.9 Å². The zero-order chi connectivity index (χ0) is 14.3. The van der Waals surface area contributed by atoms with Crippen LogP contribution in [0.4, 0.5) is 0 Å². The van der Waals surface area contributed by atoms with E-state index in [1.165, 1.54) is 0 Å². The summed E-state index contributed by atoms with van der Waals surface area (Å²) in [5.41, 5.74) is 0.247. The quantitative estimate of drug-likeness (QED) is 0.431. The summed E-state index contributed by atoms with van der Waals surface area (Å²) < 4.78 is 26.8. The highest BCUT2D eigenvalue weighted by atomic mass is 32.7. The van der Waals surface area contributed by atoms with Gasteiger partial charge in [0.2, 0.25) is 5.75 Å². The van der Waals surface area contributed by atoms with Crippen molar-refractivity contribution in [1.82, 2.24) is 0 Å². The summed E-state index contributed by atoms with van der Waals surface area (Å²) in [6.07, 6.45) is -0.230. The largest absolute Gasteiger partial charge is 0.665 e. The third kappa shape index (κ3) is 5.59. The summed E-state index contributed by atoms with van der Waals surface area (Å²) >= 11 is 0.740. The lowest BCUT2D eigenvalue weighted by molar-refractivity contribution is 0.0376. The number of hydrogen-bond acceptors (Lipinski definition) is 6. The lowest BCUT2D eigenvalue weighted by Crippen LogP contribution is -2.12. The lowest BCUT2D eigenvalue weighted by atomic mass is 10.2. The minimum atomic E-state index is -2.09. The maximum absolute atomic E-state index is 11.8. The number of rotatable bonds is 7. The molecular weight excluding hydrogens is 287 g/mol. The second-order valence-corrected chi connectivity index (χ2v) is 6.10. The number of para-hydroxylation sites is 1. The number of carbonyl (C=O) groups excluding carboxylic acids is 1. The molecule has 0 heterocycles. The zero-order valence-corrected chi connectivity index (χ0v) is 12.7. The predicted octanol–water partition coefficient (Wildman–Crippen LogP) is 3.97. The molecule has 19 heavy (non-hydrogen) atoms. The normalized spacial score (nSPS) is 11.3. The van der Waals surface area contributed by atoms with Crippen LogP contribution in [-0.2, 0) is 13.5 Å². The van der Waals surface area contributed by atoms with Gasteiger partial charge in [0.25, 0.3) is 0 Å². The maximum atomic E-state index is 11.8. The fourth-order valence-corrected chi connectivity index (χ4v) is 2.63. The summed E-state index contributed by atoms with van der Waals surface area (Å²) in [6, 6.07) is 6.51. The van der Waals surface area contributed by atoms with Gasteiger partial charge in [0, 0.05) is 0 Å². The minimum Gasteiger partial charge on any atom is -0.459 e. The number of ether oxygens (including phenoxy) is 1. The Morgan fingerprint density at radius 3 is 2.68 bits per heavy atom. The van der Waals surface area contributed by atoms with Crippen molar-refractivity contribution < 1.29 is 22.8 Å². The molecule has 104 valence electrons. The predicted molar refractivity (Wildman–Crippen MR) is 74.4 cm³/mol. The van der Waals surface area contributed by atoms with Crippen molar-refractivity contribution in [3.63, 3.8) is 0 Å². The molecule has 0 saturated carbocycles. The first-order valence-electron chi connectivity index (χ1n) is 5.79. The molecule has 5 nitrogen and oxygen atoms in total. The van der Waals surface area contributed by atoms with Crippen LogP contribution in [0.5, 0.6) is 5.75 Å². The fourth-order valence-electron chi connectivity index (χ4n) is 1.18. The maximum Gasteiger partial charge on any atom is 0.665 e. The van der Waals surface area contributed by atoms with Crippen molar-refractivity contribution in [2.75, 3.05) is 6.61 Å². The van der Waals surface area contributed by atoms with E-state index in [1.807, 2.05) is 0 Å². The third-order valence-electron chi connectivity index (χ3n) is 1.85. The molecular formula is C12H16O5PS+. The van der Waals surface area contributed by atoms with Crippen LogP contribution < -0.4 is 4.52 Å². The van der Waals surface area contributed by atoms with E-state index in [-0.39, 0.29) is 17.4 Å². The van der Waals surface area contributed by atoms with Crippen molar-refractivity contribution in [2.45, 2.75) is 26.9 Å². The van der Waals surface area contributed by atoms with Gasteiger partial charge in [0.05, 0.1) is 12.7 Å². The van der Waals surface area contributed by atoms with E-state index in [1.54, 1.807) is 45.0 Å². The highest BCUT2D eigenvalue weighted by Gasteiger charge is 2.27. The molecule has 1 aromatic carbocycles. The second-order valence-electron chi connectivity index (χ2n) is 3.75. The van der Waals surface area contributed by atoms with Crippen LogP contribution in [-0.4, -0.2) is 18.7 Å². The Morgan fingerprint density at radius 2 is 2.05 bits per heavy atom. The molecule has 0 fully saturated rings. The van der Waals surface area contributed by atoms with Crippen LogP contribution in [0.25, 0.3) is 0 Å². The van der Waals surface area contributed by atoms with Gasteiger partial charge in [-0.2, -0.15) is 0 Å². The lowest BCUT2D eigenvalue weighted by Gasteiger charge is -2.08. The van der Waals surface area contributed by atoms with Gasteiger partial charge in [-0.15, -0.1) is 0 Å². The Morgan fingerprint density at radius 1 is 1.37 bits per heavy atom. The highest BCUT2D eigenvalue weighted by Crippen LogP contribution is 2.41. The molecule has 7 heteroatoms. The Kier molecular flexibility index (Phi) is 6.84. The van der Waals surface area contributed by atoms with Crippen LogP contribution in [0.2, 0.25) is 0 Å². The van der Waals surface area contributed by atoms with Gasteiger partial charge in [0.1, 0.15) is 5.56 Å². The monoisotopic (exact) mass is 303 g/mol. The van der Waals surface area contributed by atoms with Crippen molar-refractivity contribution in [2.24, 2.45) is 0 Å². The molecule has 0 aliphatic carbocycles. The molecule has 1 unspecified atom stereocenters. The molecule has 0 aliphatic heterocycles. The molecule has 0 saturated heterocycles. The SMILES string of the molecule is CCOS[P+](=O)Oc1ccccc1C(=O)OC(C)C. The number of carbonyl (C=O) groups is 1. The Labute approximate surface area is 117 Å². The number of esters is 1. The van der Waals surface area contributed by atoms with E-state index in [2.05, 4.69) is 0 Å². The highest BCUT2D eigenvalue weighted by molar-refractivity contribution is 8.47. The minimum absolute atomic E-state index is 0.224. The van der Waals surface area contributed by atoms with Crippen LogP contribution in [0, 0.1) is 0 Å². The summed E-state index contributed by atoms with van der Waals surface area (Å²) in [7, 11) is -2.09. The zero-order valence-electron chi connectivity index (χ0n) is 11.0. The molecule has 1 rings (SSSR count). The molecule has 0 radical (unpaired) electrons. The van der Waals surface area contributed by atoms with Crippen molar-refractivity contribution in [3.8, 4) is 5.75 Å². The number of hydrogen-bond donors (Lipinski definition) is 0. The van der Waals surface area contributed by atoms with Crippen molar-refractivity contribution in [1.29, 1.82) is 0 Å². The average molecular weight is 303 g/mol.